The van der Waals surface area contributed by atoms with E-state index >= 15 is 0 Å². The summed E-state index contributed by atoms with van der Waals surface area (Å²) in [5.41, 5.74) is -1.87. The van der Waals surface area contributed by atoms with Crippen LogP contribution in [0.1, 0.15) is 24.2 Å². The summed E-state index contributed by atoms with van der Waals surface area (Å²) >= 11 is 0. The minimum atomic E-state index is -1.34. The molecule has 0 saturated carbocycles. The highest BCUT2D eigenvalue weighted by Crippen LogP contribution is 1.96. The van der Waals surface area contributed by atoms with Gasteiger partial charge in [0, 0.05) is 12.7 Å². The first kappa shape index (κ1) is 11.2. The number of hydrogen-bond donors (Lipinski definition) is 2. The first-order chi connectivity index (χ1) is 6.91. The molecule has 0 radical (unpaired) electrons. The minimum Gasteiger partial charge on any atom is -0.477 e. The third-order valence-corrected chi connectivity index (χ3v) is 1.80. The van der Waals surface area contributed by atoms with Gasteiger partial charge in [0.25, 0.3) is 5.56 Å². The van der Waals surface area contributed by atoms with Crippen LogP contribution in [-0.2, 0) is 6.54 Å². The number of aromatic amines is 1. The van der Waals surface area contributed by atoms with Crippen molar-refractivity contribution in [1.29, 1.82) is 0 Å². The van der Waals surface area contributed by atoms with Crippen LogP contribution < -0.4 is 11.2 Å². The molecule has 0 aliphatic rings. The molecule has 1 aromatic rings. The van der Waals surface area contributed by atoms with E-state index in [4.69, 9.17) is 5.11 Å². The number of nitrogens with one attached hydrogen (secondary N) is 1. The number of H-pyrrole nitrogens is 1. The molecule has 6 nitrogen and oxygen atoms in total. The topological polar surface area (TPSA) is 92.2 Å². The summed E-state index contributed by atoms with van der Waals surface area (Å²) in [5.74, 6) is -1.15. The molecule has 0 saturated heterocycles. The number of nitrogens with zero attached hydrogens (tertiary/aromatic N) is 1. The van der Waals surface area contributed by atoms with E-state index in [-0.39, 0.29) is 5.92 Å². The maximum absolute atomic E-state index is 11.3. The van der Waals surface area contributed by atoms with Gasteiger partial charge in [0.2, 0.25) is 0 Å². The molecule has 1 aromatic heterocycles. The Kier molecular flexibility index (Phi) is 3.08. The molecule has 1 heterocycles. The van der Waals surface area contributed by atoms with Crippen LogP contribution in [0.2, 0.25) is 0 Å². The molecule has 15 heavy (non-hydrogen) atoms. The zero-order chi connectivity index (χ0) is 11.6. The van der Waals surface area contributed by atoms with E-state index in [9.17, 15) is 14.4 Å². The first-order valence-electron chi connectivity index (χ1n) is 4.49. The van der Waals surface area contributed by atoms with Gasteiger partial charge >= 0.3 is 11.7 Å². The number of carboxylic acid groups (broad SMARTS) is 1. The van der Waals surface area contributed by atoms with Gasteiger partial charge in [0.05, 0.1) is 0 Å². The third kappa shape index (κ3) is 2.55. The summed E-state index contributed by atoms with van der Waals surface area (Å²) in [7, 11) is 0. The van der Waals surface area contributed by atoms with E-state index in [1.165, 1.54) is 4.57 Å². The normalized spacial score (nSPS) is 10.6. The Morgan fingerprint density at radius 3 is 2.60 bits per heavy atom. The smallest absolute Gasteiger partial charge is 0.342 e. The molecule has 0 atom stereocenters. The van der Waals surface area contributed by atoms with E-state index < -0.39 is 22.8 Å². The van der Waals surface area contributed by atoms with Crippen LogP contribution >= 0.6 is 0 Å². The van der Waals surface area contributed by atoms with Gasteiger partial charge in [0.1, 0.15) is 5.56 Å². The fraction of sp³-hybridized carbons (Fsp3) is 0.444. The van der Waals surface area contributed by atoms with Crippen LogP contribution in [0.25, 0.3) is 0 Å². The number of hydrogen-bond acceptors (Lipinski definition) is 3. The van der Waals surface area contributed by atoms with Gasteiger partial charge in [-0.2, -0.15) is 0 Å². The lowest BCUT2D eigenvalue weighted by molar-refractivity contribution is 0.0693. The lowest BCUT2D eigenvalue weighted by Crippen LogP contribution is -2.34. The second-order valence-corrected chi connectivity index (χ2v) is 3.65. The predicted molar refractivity (Wildman–Crippen MR) is 53.1 cm³/mol. The Bertz CT molecular complexity index is 484. The summed E-state index contributed by atoms with van der Waals surface area (Å²) in [4.78, 5) is 34.9. The van der Waals surface area contributed by atoms with Crippen LogP contribution in [0.4, 0.5) is 0 Å². The molecule has 1 rings (SSSR count). The Hall–Kier alpha value is -1.85. The van der Waals surface area contributed by atoms with Gasteiger partial charge in [-0.05, 0) is 5.92 Å². The summed E-state index contributed by atoms with van der Waals surface area (Å²) in [6.07, 6.45) is 1.07. The molecular formula is C9H12N2O4. The second kappa shape index (κ2) is 4.12. The molecule has 2 N–H and O–H groups in total. The standard InChI is InChI=1S/C9H12N2O4/c1-5(2)3-11-4-6(8(13)14)7(12)10-9(11)15/h4-5H,3H2,1-2H3,(H,13,14)(H,10,12,15). The van der Waals surface area contributed by atoms with Crippen LogP contribution in [-0.4, -0.2) is 20.6 Å². The molecule has 0 aromatic carbocycles. The predicted octanol–water partition coefficient (Wildman–Crippen LogP) is -0.109. The van der Waals surface area contributed by atoms with Crippen molar-refractivity contribution in [3.05, 3.63) is 32.6 Å². The number of rotatable bonds is 3. The molecule has 6 heteroatoms. The van der Waals surface area contributed by atoms with E-state index in [0.717, 1.165) is 6.20 Å². The Labute approximate surface area is 85.2 Å². The molecule has 0 aliphatic heterocycles. The number of aromatic carboxylic acids is 1. The van der Waals surface area contributed by atoms with Gasteiger partial charge in [-0.3, -0.25) is 14.3 Å². The highest BCUT2D eigenvalue weighted by atomic mass is 16.4. The molecule has 0 bridgehead atoms. The third-order valence-electron chi connectivity index (χ3n) is 1.80. The van der Waals surface area contributed by atoms with Crippen molar-refractivity contribution in [1.82, 2.24) is 9.55 Å². The van der Waals surface area contributed by atoms with E-state index in [0.29, 0.717) is 6.54 Å². The van der Waals surface area contributed by atoms with Gasteiger partial charge < -0.3 is 5.11 Å². The first-order valence-corrected chi connectivity index (χ1v) is 4.49. The maximum Gasteiger partial charge on any atom is 0.342 e. The fourth-order valence-electron chi connectivity index (χ4n) is 1.19. The molecule has 0 unspecified atom stereocenters. The van der Waals surface area contributed by atoms with Crippen LogP contribution in [0, 0.1) is 5.92 Å². The monoisotopic (exact) mass is 212 g/mol. The van der Waals surface area contributed by atoms with Crippen molar-refractivity contribution in [2.75, 3.05) is 0 Å². The molecule has 0 fully saturated rings. The minimum absolute atomic E-state index is 0.190. The molecule has 0 amide bonds. The van der Waals surface area contributed by atoms with Crippen molar-refractivity contribution in [3.8, 4) is 0 Å². The average Bonchev–Trinajstić information content (AvgIpc) is 2.08. The summed E-state index contributed by atoms with van der Waals surface area (Å²) in [5, 5.41) is 8.68. The SMILES string of the molecule is CC(C)Cn1cc(C(=O)O)c(=O)[nH]c1=O. The summed E-state index contributed by atoms with van der Waals surface area (Å²) in [6.45, 7) is 4.14. The van der Waals surface area contributed by atoms with Gasteiger partial charge in [0.15, 0.2) is 0 Å². The number of carboxylic acids is 1. The van der Waals surface area contributed by atoms with Crippen molar-refractivity contribution < 1.29 is 9.90 Å². The highest BCUT2D eigenvalue weighted by Gasteiger charge is 2.11. The largest absolute Gasteiger partial charge is 0.477 e. The van der Waals surface area contributed by atoms with Crippen molar-refractivity contribution in [2.45, 2.75) is 20.4 Å². The average molecular weight is 212 g/mol. The molecular weight excluding hydrogens is 200 g/mol. The number of aromatic nitrogens is 2. The van der Waals surface area contributed by atoms with Crippen LogP contribution in [0.5, 0.6) is 0 Å². The van der Waals surface area contributed by atoms with Crippen molar-refractivity contribution in [2.24, 2.45) is 5.92 Å². The Morgan fingerprint density at radius 2 is 2.13 bits per heavy atom. The summed E-state index contributed by atoms with van der Waals surface area (Å²) in [6, 6.07) is 0. The molecule has 0 spiro atoms. The summed E-state index contributed by atoms with van der Waals surface area (Å²) < 4.78 is 1.19. The lowest BCUT2D eigenvalue weighted by Gasteiger charge is -2.07. The quantitative estimate of drug-likeness (QED) is 0.731. The van der Waals surface area contributed by atoms with Crippen molar-refractivity contribution >= 4 is 5.97 Å². The Balaban J connectivity index is 3.30. The maximum atomic E-state index is 11.3. The fourth-order valence-corrected chi connectivity index (χ4v) is 1.19. The van der Waals surface area contributed by atoms with E-state index in [2.05, 4.69) is 0 Å². The van der Waals surface area contributed by atoms with E-state index in [1.807, 2.05) is 18.8 Å². The molecule has 82 valence electrons. The highest BCUT2D eigenvalue weighted by molar-refractivity contribution is 5.86. The van der Waals surface area contributed by atoms with Gasteiger partial charge in [-0.1, -0.05) is 13.8 Å². The second-order valence-electron chi connectivity index (χ2n) is 3.65. The zero-order valence-corrected chi connectivity index (χ0v) is 8.48. The van der Waals surface area contributed by atoms with Gasteiger partial charge in [-0.25, -0.2) is 9.59 Å². The van der Waals surface area contributed by atoms with E-state index in [1.54, 1.807) is 0 Å². The molecule has 0 aliphatic carbocycles. The lowest BCUT2D eigenvalue weighted by atomic mass is 10.2. The van der Waals surface area contributed by atoms with Crippen molar-refractivity contribution in [3.63, 3.8) is 0 Å². The number of carbonyl (C=O) groups is 1. The van der Waals surface area contributed by atoms with Crippen LogP contribution in [0.15, 0.2) is 15.8 Å². The van der Waals surface area contributed by atoms with Gasteiger partial charge in [-0.15, -0.1) is 0 Å². The zero-order valence-electron chi connectivity index (χ0n) is 8.48. The van der Waals surface area contributed by atoms with Crippen LogP contribution in [0.3, 0.4) is 0 Å². The Morgan fingerprint density at radius 1 is 1.53 bits per heavy atom.